The van der Waals surface area contributed by atoms with E-state index in [0.717, 1.165) is 66.3 Å². The summed E-state index contributed by atoms with van der Waals surface area (Å²) < 4.78 is 12.7. The number of aromatic nitrogens is 1. The van der Waals surface area contributed by atoms with E-state index in [2.05, 4.69) is 35.3 Å². The number of para-hydroxylation sites is 2. The minimum absolute atomic E-state index is 0. The molecule has 7 rings (SSSR count). The van der Waals surface area contributed by atoms with Gasteiger partial charge in [0.1, 0.15) is 22.3 Å². The molecule has 0 aliphatic carbocycles. The molecule has 5 nitrogen and oxygen atoms in total. The number of rotatable bonds is 3. The molecule has 4 aromatic carbocycles. The quantitative estimate of drug-likeness (QED) is 0.113. The maximum Gasteiger partial charge on any atom is 0.155 e. The molecule has 7 aromatic rings. The Morgan fingerprint density at radius 1 is 0.825 bits per heavy atom. The van der Waals surface area contributed by atoms with Crippen LogP contribution in [-0.2, 0) is 24.9 Å². The number of benzene rings is 4. The number of aliphatic hydroxyl groups is 1. The van der Waals surface area contributed by atoms with E-state index in [1.807, 2.05) is 72.9 Å². The first kappa shape index (κ1) is 27.1. The topological polar surface area (TPSA) is 76.5 Å². The summed E-state index contributed by atoms with van der Waals surface area (Å²) in [5.41, 5.74) is 7.30. The number of hydrogen-bond donors (Lipinski definition) is 1. The van der Waals surface area contributed by atoms with Crippen molar-refractivity contribution >= 4 is 49.7 Å². The first-order valence-corrected chi connectivity index (χ1v) is 12.6. The molecule has 3 heterocycles. The fourth-order valence-corrected chi connectivity index (χ4v) is 4.91. The number of hydrogen-bond acceptors (Lipinski definition) is 5. The molecule has 0 bridgehead atoms. The summed E-state index contributed by atoms with van der Waals surface area (Å²) in [5.74, 6) is -0.0625. The van der Waals surface area contributed by atoms with Crippen LogP contribution in [0.25, 0.3) is 66.3 Å². The van der Waals surface area contributed by atoms with Gasteiger partial charge in [0, 0.05) is 59.5 Å². The molecule has 0 atom stereocenters. The van der Waals surface area contributed by atoms with Crippen LogP contribution < -0.4 is 0 Å². The average molecular weight is 703 g/mol. The van der Waals surface area contributed by atoms with Crippen LogP contribution in [0.5, 0.6) is 0 Å². The number of furan rings is 2. The Balaban J connectivity index is 0.000000362. The molecule has 1 N–H and O–H groups in total. The molecule has 1 radical (unpaired) electrons. The molecule has 0 saturated heterocycles. The van der Waals surface area contributed by atoms with E-state index in [4.69, 9.17) is 13.9 Å². The van der Waals surface area contributed by atoms with Crippen LogP contribution in [-0.4, -0.2) is 15.9 Å². The van der Waals surface area contributed by atoms with Crippen LogP contribution in [0.1, 0.15) is 13.8 Å². The van der Waals surface area contributed by atoms with Gasteiger partial charge in [-0.1, -0.05) is 42.5 Å². The molecule has 3 aromatic heterocycles. The molecule has 0 fully saturated rings. The Hall–Kier alpha value is -4.51. The van der Waals surface area contributed by atoms with E-state index >= 15 is 0 Å². The van der Waals surface area contributed by atoms with Crippen molar-refractivity contribution in [3.05, 3.63) is 115 Å². The third-order valence-electron chi connectivity index (χ3n) is 6.46. The van der Waals surface area contributed by atoms with E-state index in [0.29, 0.717) is 0 Å². The van der Waals surface area contributed by atoms with Crippen molar-refractivity contribution in [3.8, 4) is 22.4 Å². The van der Waals surface area contributed by atoms with Gasteiger partial charge in [0.2, 0.25) is 0 Å². The third kappa shape index (κ3) is 5.07. The zero-order valence-corrected chi connectivity index (χ0v) is 24.2. The molecule has 0 spiro atoms. The molecule has 6 heteroatoms. The molecule has 0 unspecified atom stereocenters. The van der Waals surface area contributed by atoms with Gasteiger partial charge in [-0.3, -0.25) is 4.79 Å². The molecular weight excluding hydrogens is 679 g/mol. The first-order chi connectivity index (χ1) is 19.0. The van der Waals surface area contributed by atoms with Gasteiger partial charge in [-0.25, -0.2) is 0 Å². The number of aliphatic hydroxyl groups excluding tert-OH is 1. The van der Waals surface area contributed by atoms with Crippen LogP contribution in [0.3, 0.4) is 0 Å². The predicted molar refractivity (Wildman–Crippen MR) is 156 cm³/mol. The SMILES string of the molecule is CC(=O)/C=C(/C)O.[Ir].[c-]1ccccc1-c1cc(-c2cc3oc4ccccc4c3c3c2oc2ccccc23)ccn1. The average Bonchev–Trinajstić information content (AvgIpc) is 3.51. The fourth-order valence-electron chi connectivity index (χ4n) is 4.91. The maximum absolute atomic E-state index is 10.0. The molecule has 40 heavy (non-hydrogen) atoms. The summed E-state index contributed by atoms with van der Waals surface area (Å²) in [6.45, 7) is 2.85. The zero-order valence-electron chi connectivity index (χ0n) is 21.8. The maximum atomic E-state index is 10.0. The minimum Gasteiger partial charge on any atom is -0.512 e. The van der Waals surface area contributed by atoms with Crippen molar-refractivity contribution in [2.75, 3.05) is 0 Å². The van der Waals surface area contributed by atoms with Crippen molar-refractivity contribution < 1.29 is 38.8 Å². The Morgan fingerprint density at radius 2 is 1.50 bits per heavy atom. The minimum atomic E-state index is -0.125. The summed E-state index contributed by atoms with van der Waals surface area (Å²) in [4.78, 5) is 14.6. The largest absolute Gasteiger partial charge is 0.512 e. The Labute approximate surface area is 244 Å². The Bertz CT molecular complexity index is 2010. The number of pyridine rings is 1. The molecule has 0 aliphatic rings. The molecule has 0 saturated carbocycles. The van der Waals surface area contributed by atoms with Gasteiger partial charge >= 0.3 is 0 Å². The first-order valence-electron chi connectivity index (χ1n) is 12.6. The summed E-state index contributed by atoms with van der Waals surface area (Å²) in [5, 5.41) is 12.7. The summed E-state index contributed by atoms with van der Waals surface area (Å²) in [7, 11) is 0. The van der Waals surface area contributed by atoms with Crippen molar-refractivity contribution in [1.29, 1.82) is 0 Å². The second kappa shape index (κ2) is 11.3. The van der Waals surface area contributed by atoms with Crippen LogP contribution in [0, 0.1) is 6.07 Å². The molecule has 0 aliphatic heterocycles. The van der Waals surface area contributed by atoms with Gasteiger partial charge in [0.15, 0.2) is 5.78 Å². The number of ketones is 1. The van der Waals surface area contributed by atoms with Crippen molar-refractivity contribution in [2.24, 2.45) is 0 Å². The van der Waals surface area contributed by atoms with Crippen molar-refractivity contribution in [2.45, 2.75) is 13.8 Å². The second-order valence-corrected chi connectivity index (χ2v) is 9.30. The van der Waals surface area contributed by atoms with E-state index < -0.39 is 0 Å². The van der Waals surface area contributed by atoms with Crippen LogP contribution in [0.2, 0.25) is 0 Å². The molecular formula is C34H24IrNO4-. The van der Waals surface area contributed by atoms with E-state index in [9.17, 15) is 4.79 Å². The van der Waals surface area contributed by atoms with Crippen LogP contribution in [0.15, 0.2) is 118 Å². The van der Waals surface area contributed by atoms with Crippen LogP contribution >= 0.6 is 0 Å². The molecule has 199 valence electrons. The van der Waals surface area contributed by atoms with Crippen molar-refractivity contribution in [1.82, 2.24) is 4.98 Å². The van der Waals surface area contributed by atoms with Gasteiger partial charge in [-0.2, -0.15) is 0 Å². The normalized spacial score (nSPS) is 11.4. The summed E-state index contributed by atoms with van der Waals surface area (Å²) in [6.07, 6.45) is 3.00. The van der Waals surface area contributed by atoms with Crippen LogP contribution in [0.4, 0.5) is 0 Å². The van der Waals surface area contributed by atoms with Gasteiger partial charge in [-0.15, -0.1) is 35.9 Å². The smallest absolute Gasteiger partial charge is 0.155 e. The summed E-state index contributed by atoms with van der Waals surface area (Å²) >= 11 is 0. The van der Waals surface area contributed by atoms with Gasteiger partial charge < -0.3 is 18.9 Å². The zero-order chi connectivity index (χ0) is 26.9. The number of carbonyl (C=O) groups is 1. The van der Waals surface area contributed by atoms with Gasteiger partial charge in [0.05, 0.1) is 5.76 Å². The van der Waals surface area contributed by atoms with Crippen molar-refractivity contribution in [3.63, 3.8) is 0 Å². The van der Waals surface area contributed by atoms with E-state index in [-0.39, 0.29) is 31.6 Å². The predicted octanol–water partition coefficient (Wildman–Crippen LogP) is 9.05. The van der Waals surface area contributed by atoms with Gasteiger partial charge in [-0.05, 0) is 49.4 Å². The Kier molecular flexibility index (Phi) is 7.65. The fraction of sp³-hybridized carbons (Fsp3) is 0.0588. The van der Waals surface area contributed by atoms with Gasteiger partial charge in [0.25, 0.3) is 0 Å². The number of fused-ring (bicyclic) bond motifs is 7. The number of nitrogens with zero attached hydrogens (tertiary/aromatic N) is 1. The van der Waals surface area contributed by atoms with E-state index in [1.165, 1.54) is 19.9 Å². The number of allylic oxidation sites excluding steroid dienone is 2. The number of carbonyl (C=O) groups excluding carboxylic acids is 1. The molecule has 0 amide bonds. The standard InChI is InChI=1S/C29H16NO2.C5H8O2.Ir/c1-2-8-18(9-3-1)23-16-19(14-15-30-23)22-17-26-27(20-10-4-6-12-24(20)31-26)28-21-11-5-7-13-25(21)32-29(22)28;1-4(6)3-5(2)7;/h1-8,10-17H;3,6H,1-2H3;/q-1;;/b;4-3-;. The van der Waals surface area contributed by atoms with E-state index in [1.54, 1.807) is 0 Å². The monoisotopic (exact) mass is 703 g/mol. The third-order valence-corrected chi connectivity index (χ3v) is 6.46. The Morgan fingerprint density at radius 3 is 2.15 bits per heavy atom. The second-order valence-electron chi connectivity index (χ2n) is 9.30. The summed E-state index contributed by atoms with van der Waals surface area (Å²) in [6, 6.07) is 33.7.